The standard InChI is InChI=1S/C29H57NO2/c1-5-6-7-19-22-25-28(30(2)3)26-23-20-17-15-13-11-9-8-10-12-14-16-18-21-24-27-29(31)32-4/h8,10,28H,5-7,9,11-27H2,1-4H3. The summed E-state index contributed by atoms with van der Waals surface area (Å²) in [6.45, 7) is 2.29. The molecule has 0 spiro atoms. The van der Waals surface area contributed by atoms with Gasteiger partial charge in [0.2, 0.25) is 0 Å². The number of hydrogen-bond donors (Lipinski definition) is 0. The first-order chi connectivity index (χ1) is 15.6. The van der Waals surface area contributed by atoms with Crippen molar-refractivity contribution in [2.45, 2.75) is 148 Å². The molecule has 3 nitrogen and oxygen atoms in total. The van der Waals surface area contributed by atoms with Crippen LogP contribution in [0.2, 0.25) is 0 Å². The van der Waals surface area contributed by atoms with E-state index in [-0.39, 0.29) is 5.97 Å². The fraction of sp³-hybridized carbons (Fsp3) is 0.897. The van der Waals surface area contributed by atoms with Gasteiger partial charge in [-0.3, -0.25) is 4.79 Å². The molecule has 3 heteroatoms. The Morgan fingerprint density at radius 1 is 0.688 bits per heavy atom. The Balaban J connectivity index is 3.40. The fourth-order valence-electron chi connectivity index (χ4n) is 4.39. The van der Waals surface area contributed by atoms with E-state index in [1.165, 1.54) is 123 Å². The monoisotopic (exact) mass is 451 g/mol. The number of unbranched alkanes of at least 4 members (excludes halogenated alkanes) is 15. The minimum atomic E-state index is -0.0746. The highest BCUT2D eigenvalue weighted by Crippen LogP contribution is 2.17. The number of rotatable bonds is 24. The Kier molecular flexibility index (Phi) is 24.2. The molecule has 0 N–H and O–H groups in total. The molecule has 0 amide bonds. The summed E-state index contributed by atoms with van der Waals surface area (Å²) in [5.74, 6) is -0.0746. The zero-order chi connectivity index (χ0) is 23.7. The van der Waals surface area contributed by atoms with Gasteiger partial charge in [0.25, 0.3) is 0 Å². The fourth-order valence-corrected chi connectivity index (χ4v) is 4.39. The van der Waals surface area contributed by atoms with Crippen LogP contribution in [-0.4, -0.2) is 38.1 Å². The summed E-state index contributed by atoms with van der Waals surface area (Å²) in [4.78, 5) is 13.5. The molecule has 0 aromatic carbocycles. The summed E-state index contributed by atoms with van der Waals surface area (Å²) in [6, 6.07) is 0.793. The summed E-state index contributed by atoms with van der Waals surface area (Å²) in [7, 11) is 5.99. The molecule has 0 aromatic heterocycles. The third-order valence-corrected chi connectivity index (χ3v) is 6.68. The third-order valence-electron chi connectivity index (χ3n) is 6.68. The maximum atomic E-state index is 11.0. The molecule has 0 rings (SSSR count). The van der Waals surface area contributed by atoms with Gasteiger partial charge in [0, 0.05) is 12.5 Å². The molecule has 190 valence electrons. The number of hydrogen-bond acceptors (Lipinski definition) is 3. The van der Waals surface area contributed by atoms with Crippen LogP contribution in [0.5, 0.6) is 0 Å². The highest BCUT2D eigenvalue weighted by Gasteiger charge is 2.10. The van der Waals surface area contributed by atoms with Crippen LogP contribution in [0.1, 0.15) is 142 Å². The summed E-state index contributed by atoms with van der Waals surface area (Å²) in [6.07, 6.45) is 31.9. The lowest BCUT2D eigenvalue weighted by Crippen LogP contribution is -2.27. The summed E-state index contributed by atoms with van der Waals surface area (Å²) < 4.78 is 4.66. The Bertz CT molecular complexity index is 419. The third kappa shape index (κ3) is 22.4. The van der Waals surface area contributed by atoms with E-state index in [0.29, 0.717) is 6.42 Å². The molecule has 0 aromatic rings. The molecule has 0 aliphatic rings. The molecule has 32 heavy (non-hydrogen) atoms. The quantitative estimate of drug-likeness (QED) is 0.0833. The average Bonchev–Trinajstić information content (AvgIpc) is 2.79. The number of carbonyl (C=O) groups is 1. The van der Waals surface area contributed by atoms with Gasteiger partial charge in [0.15, 0.2) is 0 Å². The lowest BCUT2D eigenvalue weighted by atomic mass is 9.99. The van der Waals surface area contributed by atoms with Crippen LogP contribution < -0.4 is 0 Å². The predicted octanol–water partition coefficient (Wildman–Crippen LogP) is 8.86. The van der Waals surface area contributed by atoms with E-state index in [9.17, 15) is 4.79 Å². The maximum absolute atomic E-state index is 11.0. The van der Waals surface area contributed by atoms with Crippen molar-refractivity contribution in [3.63, 3.8) is 0 Å². The first-order valence-electron chi connectivity index (χ1n) is 14.0. The smallest absolute Gasteiger partial charge is 0.305 e. The van der Waals surface area contributed by atoms with Crippen LogP contribution in [0.25, 0.3) is 0 Å². The van der Waals surface area contributed by atoms with Crippen molar-refractivity contribution in [2.24, 2.45) is 0 Å². The molecule has 1 atom stereocenters. The first-order valence-corrected chi connectivity index (χ1v) is 14.0. The van der Waals surface area contributed by atoms with Gasteiger partial charge >= 0.3 is 5.97 Å². The van der Waals surface area contributed by atoms with E-state index in [1.54, 1.807) is 0 Å². The molecule has 0 aliphatic heterocycles. The molecule has 0 aliphatic carbocycles. The molecule has 1 unspecified atom stereocenters. The van der Waals surface area contributed by atoms with E-state index < -0.39 is 0 Å². The predicted molar refractivity (Wildman–Crippen MR) is 141 cm³/mol. The number of carbonyl (C=O) groups excluding carboxylic acids is 1. The van der Waals surface area contributed by atoms with Crippen molar-refractivity contribution in [3.8, 4) is 0 Å². The maximum Gasteiger partial charge on any atom is 0.305 e. The highest BCUT2D eigenvalue weighted by molar-refractivity contribution is 5.68. The highest BCUT2D eigenvalue weighted by atomic mass is 16.5. The van der Waals surface area contributed by atoms with Crippen LogP contribution in [0.4, 0.5) is 0 Å². The Hall–Kier alpha value is -0.830. The minimum absolute atomic E-state index is 0.0746. The molecule has 0 radical (unpaired) electrons. The Morgan fingerprint density at radius 2 is 1.12 bits per heavy atom. The number of allylic oxidation sites excluding steroid dienone is 2. The second-order valence-electron chi connectivity index (χ2n) is 9.87. The minimum Gasteiger partial charge on any atom is -0.469 e. The van der Waals surface area contributed by atoms with Gasteiger partial charge in [-0.25, -0.2) is 0 Å². The molecule has 0 fully saturated rings. The van der Waals surface area contributed by atoms with Crippen LogP contribution in [0.3, 0.4) is 0 Å². The van der Waals surface area contributed by atoms with Gasteiger partial charge in [0.1, 0.15) is 0 Å². The number of methoxy groups -OCH3 is 1. The van der Waals surface area contributed by atoms with Gasteiger partial charge in [-0.2, -0.15) is 0 Å². The number of esters is 1. The number of nitrogens with zero attached hydrogens (tertiary/aromatic N) is 1. The Labute approximate surface area is 201 Å². The van der Waals surface area contributed by atoms with Crippen molar-refractivity contribution < 1.29 is 9.53 Å². The molecule has 0 heterocycles. The van der Waals surface area contributed by atoms with E-state index in [4.69, 9.17) is 0 Å². The first kappa shape index (κ1) is 31.2. The van der Waals surface area contributed by atoms with Crippen LogP contribution in [-0.2, 0) is 9.53 Å². The molecule has 0 bridgehead atoms. The normalized spacial score (nSPS) is 12.7. The molecular weight excluding hydrogens is 394 g/mol. The van der Waals surface area contributed by atoms with Gasteiger partial charge in [-0.05, 0) is 59.0 Å². The average molecular weight is 452 g/mol. The van der Waals surface area contributed by atoms with Crippen molar-refractivity contribution in [3.05, 3.63) is 12.2 Å². The second-order valence-corrected chi connectivity index (χ2v) is 9.87. The Morgan fingerprint density at radius 3 is 1.59 bits per heavy atom. The summed E-state index contributed by atoms with van der Waals surface area (Å²) >= 11 is 0. The lowest BCUT2D eigenvalue weighted by Gasteiger charge is -2.24. The van der Waals surface area contributed by atoms with Crippen molar-refractivity contribution in [1.82, 2.24) is 4.90 Å². The zero-order valence-corrected chi connectivity index (χ0v) is 22.3. The van der Waals surface area contributed by atoms with Gasteiger partial charge in [0.05, 0.1) is 7.11 Å². The van der Waals surface area contributed by atoms with Gasteiger partial charge in [-0.15, -0.1) is 0 Å². The van der Waals surface area contributed by atoms with Crippen LogP contribution >= 0.6 is 0 Å². The van der Waals surface area contributed by atoms with Gasteiger partial charge < -0.3 is 9.64 Å². The van der Waals surface area contributed by atoms with Crippen molar-refractivity contribution in [1.29, 1.82) is 0 Å². The zero-order valence-electron chi connectivity index (χ0n) is 22.3. The molecule has 0 saturated heterocycles. The lowest BCUT2D eigenvalue weighted by molar-refractivity contribution is -0.140. The summed E-state index contributed by atoms with van der Waals surface area (Å²) in [5.41, 5.74) is 0. The molecular formula is C29H57NO2. The number of ether oxygens (including phenoxy) is 1. The van der Waals surface area contributed by atoms with Crippen LogP contribution in [0.15, 0.2) is 12.2 Å². The van der Waals surface area contributed by atoms with E-state index in [0.717, 1.165) is 18.9 Å². The van der Waals surface area contributed by atoms with Gasteiger partial charge in [-0.1, -0.05) is 103 Å². The largest absolute Gasteiger partial charge is 0.469 e. The van der Waals surface area contributed by atoms with Crippen molar-refractivity contribution >= 4 is 5.97 Å². The topological polar surface area (TPSA) is 29.5 Å². The molecule has 0 saturated carbocycles. The van der Waals surface area contributed by atoms with E-state index in [2.05, 4.69) is 42.8 Å². The van der Waals surface area contributed by atoms with Crippen molar-refractivity contribution in [2.75, 3.05) is 21.2 Å². The second kappa shape index (κ2) is 24.8. The van der Waals surface area contributed by atoms with Crippen LogP contribution in [0, 0.1) is 0 Å². The van der Waals surface area contributed by atoms with E-state index >= 15 is 0 Å². The van der Waals surface area contributed by atoms with E-state index in [1.807, 2.05) is 0 Å². The SMILES string of the molecule is CCCCCCCC(CCCCCCCCC=CCCCCCCCC(=O)OC)N(C)C. The summed E-state index contributed by atoms with van der Waals surface area (Å²) in [5, 5.41) is 0.